The monoisotopic (exact) mass is 383 g/mol. The van der Waals surface area contributed by atoms with E-state index in [-0.39, 0.29) is 18.0 Å². The third-order valence-electron chi connectivity index (χ3n) is 4.17. The number of hydrogen-bond donors (Lipinski definition) is 5. The van der Waals surface area contributed by atoms with Crippen molar-refractivity contribution < 1.29 is 23.7 Å². The Morgan fingerprint density at radius 2 is 1.81 bits per heavy atom. The smallest absolute Gasteiger partial charge is 0.152 e. The van der Waals surface area contributed by atoms with E-state index in [0.29, 0.717) is 24.3 Å². The predicted molar refractivity (Wildman–Crippen MR) is 101 cm³/mol. The van der Waals surface area contributed by atoms with Gasteiger partial charge in [-0.15, -0.1) is 0 Å². The van der Waals surface area contributed by atoms with Crippen LogP contribution in [0.1, 0.15) is 6.42 Å². The van der Waals surface area contributed by atoms with Crippen LogP contribution in [0, 0.1) is 5.82 Å². The molecule has 26 heavy (non-hydrogen) atoms. The van der Waals surface area contributed by atoms with Gasteiger partial charge in [-0.1, -0.05) is 12.1 Å². The minimum absolute atomic E-state index is 0.0477. The van der Waals surface area contributed by atoms with E-state index in [2.05, 4.69) is 5.32 Å². The van der Waals surface area contributed by atoms with Gasteiger partial charge in [0.15, 0.2) is 5.82 Å². The van der Waals surface area contributed by atoms with Gasteiger partial charge in [-0.2, -0.15) is 0 Å². The Hall–Kier alpha value is -2.04. The number of likely N-dealkylation sites (N-methyl/N-ethyl adjacent to an activating group) is 1. The van der Waals surface area contributed by atoms with Gasteiger partial charge < -0.3 is 15.5 Å². The molecule has 1 aliphatic heterocycles. The molecule has 2 aromatic carbocycles. The number of phenolic OH excluding ortho intramolecular Hbond substituents is 1. The van der Waals surface area contributed by atoms with Gasteiger partial charge in [-0.3, -0.25) is 13.4 Å². The van der Waals surface area contributed by atoms with Crippen LogP contribution in [0.25, 0.3) is 0 Å². The zero-order chi connectivity index (χ0) is 18.9. The summed E-state index contributed by atoms with van der Waals surface area (Å²) in [5.41, 5.74) is 0.936. The number of phenols is 1. The minimum atomic E-state index is -3.57. The average molecular weight is 383 g/mol. The largest absolute Gasteiger partial charge is 0.508 e. The van der Waals surface area contributed by atoms with E-state index in [1.54, 1.807) is 31.3 Å². The first-order chi connectivity index (χ1) is 12.4. The average Bonchev–Trinajstić information content (AvgIpc) is 2.80. The maximum absolute atomic E-state index is 14.4. The van der Waals surface area contributed by atoms with Gasteiger partial charge in [0.25, 0.3) is 0 Å². The van der Waals surface area contributed by atoms with Crippen molar-refractivity contribution in [2.24, 2.45) is 0 Å². The van der Waals surface area contributed by atoms with Crippen molar-refractivity contribution in [1.29, 1.82) is 0 Å². The van der Waals surface area contributed by atoms with E-state index in [0.717, 1.165) is 10.4 Å². The molecule has 0 aliphatic carbocycles. The van der Waals surface area contributed by atoms with Gasteiger partial charge >= 0.3 is 0 Å². The first-order valence-corrected chi connectivity index (χ1v) is 9.58. The summed E-state index contributed by atoms with van der Waals surface area (Å²) in [5, 5.41) is 22.2. The lowest BCUT2D eigenvalue weighted by molar-refractivity contribution is 0.167. The molecule has 0 saturated heterocycles. The molecule has 0 aromatic heterocycles. The van der Waals surface area contributed by atoms with Crippen molar-refractivity contribution >= 4 is 28.0 Å². The molecular weight excluding hydrogens is 361 g/mol. The SMILES string of the molecule is CNC[C@@H](O)CCN1c2ccccc2N(c2ccc(O)cc2F)S1(O)O. The number of para-hydroxylation sites is 2. The summed E-state index contributed by atoms with van der Waals surface area (Å²) < 4.78 is 38.7. The molecule has 7 nitrogen and oxygen atoms in total. The lowest BCUT2D eigenvalue weighted by atomic mass is 10.2. The molecule has 0 amide bonds. The third kappa shape index (κ3) is 3.31. The van der Waals surface area contributed by atoms with Crippen molar-refractivity contribution in [2.75, 3.05) is 28.7 Å². The summed E-state index contributed by atoms with van der Waals surface area (Å²) in [7, 11) is -1.85. The lowest BCUT2D eigenvalue weighted by Crippen LogP contribution is -2.35. The number of halogens is 1. The third-order valence-corrected chi connectivity index (χ3v) is 6.02. The molecule has 0 unspecified atom stereocenters. The van der Waals surface area contributed by atoms with Crippen LogP contribution in [-0.4, -0.2) is 45.6 Å². The molecule has 0 radical (unpaired) electrons. The molecule has 1 aliphatic rings. The van der Waals surface area contributed by atoms with Crippen LogP contribution in [0.3, 0.4) is 0 Å². The fourth-order valence-electron chi connectivity index (χ4n) is 2.98. The second-order valence-corrected chi connectivity index (χ2v) is 7.80. The van der Waals surface area contributed by atoms with Crippen molar-refractivity contribution in [3.8, 4) is 5.75 Å². The highest BCUT2D eigenvalue weighted by Gasteiger charge is 2.42. The van der Waals surface area contributed by atoms with Crippen LogP contribution < -0.4 is 13.9 Å². The van der Waals surface area contributed by atoms with Crippen LogP contribution in [-0.2, 0) is 0 Å². The number of nitrogens with one attached hydrogen (secondary N) is 1. The van der Waals surface area contributed by atoms with E-state index in [1.807, 2.05) is 0 Å². The Morgan fingerprint density at radius 3 is 2.46 bits per heavy atom. The van der Waals surface area contributed by atoms with E-state index in [1.165, 1.54) is 16.4 Å². The summed E-state index contributed by atoms with van der Waals surface area (Å²) in [5.74, 6) is -1.01. The predicted octanol–water partition coefficient (Wildman–Crippen LogP) is 3.04. The van der Waals surface area contributed by atoms with Gasteiger partial charge in [0.2, 0.25) is 0 Å². The quantitative estimate of drug-likeness (QED) is 0.523. The number of aliphatic hydroxyl groups is 1. The van der Waals surface area contributed by atoms with E-state index in [9.17, 15) is 23.7 Å². The van der Waals surface area contributed by atoms with Crippen molar-refractivity contribution in [3.63, 3.8) is 0 Å². The number of benzene rings is 2. The number of rotatable bonds is 6. The zero-order valence-corrected chi connectivity index (χ0v) is 15.0. The fourth-order valence-corrected chi connectivity index (χ4v) is 4.77. The van der Waals surface area contributed by atoms with Gasteiger partial charge in [0.1, 0.15) is 11.4 Å². The molecule has 0 saturated carbocycles. The Labute approximate surface area is 152 Å². The number of anilines is 3. The lowest BCUT2D eigenvalue weighted by Gasteiger charge is -2.44. The van der Waals surface area contributed by atoms with Crippen LogP contribution in [0.5, 0.6) is 5.75 Å². The molecule has 5 N–H and O–H groups in total. The summed E-state index contributed by atoms with van der Waals surface area (Å²) in [6.45, 7) is 0.559. The molecule has 1 heterocycles. The van der Waals surface area contributed by atoms with Crippen LogP contribution in [0.4, 0.5) is 21.5 Å². The Kier molecular flexibility index (Phi) is 5.26. The van der Waals surface area contributed by atoms with Crippen LogP contribution >= 0.6 is 11.0 Å². The normalized spacial score (nSPS) is 17.9. The van der Waals surface area contributed by atoms with E-state index < -0.39 is 22.9 Å². The highest BCUT2D eigenvalue weighted by atomic mass is 32.3. The molecule has 3 rings (SSSR count). The number of aliphatic hydroxyl groups excluding tert-OH is 1. The van der Waals surface area contributed by atoms with Gasteiger partial charge in [0.05, 0.1) is 17.5 Å². The minimum Gasteiger partial charge on any atom is -0.508 e. The fraction of sp³-hybridized carbons (Fsp3) is 0.294. The van der Waals surface area contributed by atoms with Crippen molar-refractivity contribution in [2.45, 2.75) is 12.5 Å². The van der Waals surface area contributed by atoms with Gasteiger partial charge in [0, 0.05) is 19.2 Å². The second kappa shape index (κ2) is 7.29. The molecule has 9 heteroatoms. The summed E-state index contributed by atoms with van der Waals surface area (Å²) in [6, 6.07) is 10.4. The summed E-state index contributed by atoms with van der Waals surface area (Å²) >= 11 is 0. The molecule has 1 atom stereocenters. The van der Waals surface area contributed by atoms with E-state index >= 15 is 0 Å². The highest BCUT2D eigenvalue weighted by molar-refractivity contribution is 8.27. The van der Waals surface area contributed by atoms with Gasteiger partial charge in [-0.05, 0) is 48.7 Å². The molecule has 2 aromatic rings. The number of hydrogen-bond acceptors (Lipinski definition) is 7. The highest BCUT2D eigenvalue weighted by Crippen LogP contribution is 2.64. The topological polar surface area (TPSA) is 99.4 Å². The van der Waals surface area contributed by atoms with Crippen molar-refractivity contribution in [3.05, 3.63) is 48.3 Å². The Bertz CT molecular complexity index is 792. The number of fused-ring (bicyclic) bond motifs is 1. The van der Waals surface area contributed by atoms with Crippen LogP contribution in [0.2, 0.25) is 0 Å². The van der Waals surface area contributed by atoms with Gasteiger partial charge in [-0.25, -0.2) is 8.70 Å². The molecule has 0 bridgehead atoms. The molecule has 0 spiro atoms. The second-order valence-electron chi connectivity index (χ2n) is 6.01. The molecule has 0 fully saturated rings. The first-order valence-electron chi connectivity index (χ1n) is 8.12. The maximum Gasteiger partial charge on any atom is 0.152 e. The number of aromatic hydroxyl groups is 1. The Morgan fingerprint density at radius 1 is 1.12 bits per heavy atom. The summed E-state index contributed by atoms with van der Waals surface area (Å²) in [6.07, 6.45) is -0.349. The molecule has 142 valence electrons. The molecular formula is C17H22FN3O4S. The maximum atomic E-state index is 14.4. The van der Waals surface area contributed by atoms with Crippen molar-refractivity contribution in [1.82, 2.24) is 5.32 Å². The standard InChI is InChI=1S/C17H22FN3O4S/c1-19-11-13(23)8-9-20-16-4-2-3-5-17(16)21(26(20,24)25)15-7-6-12(22)10-14(15)18/h2-7,10,13,19,22-25H,8-9,11H2,1H3/t13-/m0/s1. The zero-order valence-electron chi connectivity index (χ0n) is 14.2. The summed E-state index contributed by atoms with van der Waals surface area (Å²) in [4.78, 5) is 0. The van der Waals surface area contributed by atoms with E-state index in [4.69, 9.17) is 0 Å². The number of nitrogens with zero attached hydrogens (tertiary/aromatic N) is 2. The first kappa shape index (κ1) is 18.7. The van der Waals surface area contributed by atoms with Crippen LogP contribution in [0.15, 0.2) is 42.5 Å². The Balaban J connectivity index is 1.99.